The zero-order valence-corrected chi connectivity index (χ0v) is 12.0. The fourth-order valence-electron chi connectivity index (χ4n) is 2.30. The smallest absolute Gasteiger partial charge is 0.335 e. The number of hydrogen-bond acceptors (Lipinski definition) is 3. The van der Waals surface area contributed by atoms with E-state index in [0.29, 0.717) is 23.7 Å². The van der Waals surface area contributed by atoms with Gasteiger partial charge in [0.1, 0.15) is 0 Å². The van der Waals surface area contributed by atoms with Crippen molar-refractivity contribution in [1.82, 2.24) is 5.32 Å². The van der Waals surface area contributed by atoms with Crippen LogP contribution in [0.1, 0.15) is 28.8 Å². The maximum Gasteiger partial charge on any atom is 0.335 e. The standard InChI is InChI=1S/C15H20N2O4/c1-10-8-12(14(18)19)2-3-13(10)17-15(20)16-6-4-11-5-7-21-9-11/h2-3,8,11H,4-7,9H2,1H3,(H,18,19)(H2,16,17,20). The summed E-state index contributed by atoms with van der Waals surface area (Å²) in [6.45, 7) is 3.95. The van der Waals surface area contributed by atoms with Crippen molar-refractivity contribution in [3.05, 3.63) is 29.3 Å². The maximum absolute atomic E-state index is 11.8. The normalized spacial score (nSPS) is 17.5. The first-order valence-corrected chi connectivity index (χ1v) is 7.03. The maximum atomic E-state index is 11.8. The Morgan fingerprint density at radius 2 is 2.24 bits per heavy atom. The van der Waals surface area contributed by atoms with Gasteiger partial charge in [-0.3, -0.25) is 0 Å². The van der Waals surface area contributed by atoms with E-state index in [1.807, 2.05) is 0 Å². The fourth-order valence-corrected chi connectivity index (χ4v) is 2.30. The molecule has 0 aliphatic carbocycles. The SMILES string of the molecule is Cc1cc(C(=O)O)ccc1NC(=O)NCCC1CCOC1. The van der Waals surface area contributed by atoms with E-state index >= 15 is 0 Å². The molecule has 0 saturated carbocycles. The third-order valence-corrected chi connectivity index (χ3v) is 3.58. The van der Waals surface area contributed by atoms with Gasteiger partial charge in [0.15, 0.2) is 0 Å². The first-order chi connectivity index (χ1) is 10.1. The highest BCUT2D eigenvalue weighted by Gasteiger charge is 2.15. The summed E-state index contributed by atoms with van der Waals surface area (Å²) in [5.41, 5.74) is 1.54. The molecular weight excluding hydrogens is 272 g/mol. The summed E-state index contributed by atoms with van der Waals surface area (Å²) in [4.78, 5) is 22.6. The summed E-state index contributed by atoms with van der Waals surface area (Å²) < 4.78 is 5.28. The number of ether oxygens (including phenoxy) is 1. The van der Waals surface area contributed by atoms with Crippen molar-refractivity contribution in [1.29, 1.82) is 0 Å². The minimum Gasteiger partial charge on any atom is -0.478 e. The molecule has 114 valence electrons. The highest BCUT2D eigenvalue weighted by atomic mass is 16.5. The molecule has 0 radical (unpaired) electrons. The van der Waals surface area contributed by atoms with Crippen molar-refractivity contribution in [2.45, 2.75) is 19.8 Å². The molecule has 0 aromatic heterocycles. The van der Waals surface area contributed by atoms with Gasteiger partial charge in [-0.25, -0.2) is 9.59 Å². The van der Waals surface area contributed by atoms with Gasteiger partial charge in [0.2, 0.25) is 0 Å². The van der Waals surface area contributed by atoms with Crippen LogP contribution in [0.25, 0.3) is 0 Å². The predicted molar refractivity (Wildman–Crippen MR) is 78.7 cm³/mol. The van der Waals surface area contributed by atoms with E-state index in [0.717, 1.165) is 26.1 Å². The van der Waals surface area contributed by atoms with Crippen LogP contribution in [0.4, 0.5) is 10.5 Å². The molecule has 0 spiro atoms. The monoisotopic (exact) mass is 292 g/mol. The first-order valence-electron chi connectivity index (χ1n) is 7.03. The topological polar surface area (TPSA) is 87.7 Å². The Balaban J connectivity index is 1.80. The van der Waals surface area contributed by atoms with Crippen LogP contribution in [-0.4, -0.2) is 36.9 Å². The van der Waals surface area contributed by atoms with Gasteiger partial charge in [0.05, 0.1) is 5.56 Å². The number of amides is 2. The van der Waals surface area contributed by atoms with Crippen LogP contribution in [0, 0.1) is 12.8 Å². The summed E-state index contributed by atoms with van der Waals surface area (Å²) in [6, 6.07) is 4.33. The molecule has 1 aromatic rings. The predicted octanol–water partition coefficient (Wildman–Crippen LogP) is 2.24. The zero-order chi connectivity index (χ0) is 15.2. The van der Waals surface area contributed by atoms with Gasteiger partial charge >= 0.3 is 12.0 Å². The van der Waals surface area contributed by atoms with Crippen LogP contribution in [0.2, 0.25) is 0 Å². The Hall–Kier alpha value is -2.08. The number of carbonyl (C=O) groups excluding carboxylic acids is 1. The van der Waals surface area contributed by atoms with Crippen molar-refractivity contribution >= 4 is 17.7 Å². The van der Waals surface area contributed by atoms with Gasteiger partial charge in [-0.15, -0.1) is 0 Å². The average Bonchev–Trinajstić information content (AvgIpc) is 2.94. The number of aryl methyl sites for hydroxylation is 1. The summed E-state index contributed by atoms with van der Waals surface area (Å²) in [5.74, 6) is -0.449. The average molecular weight is 292 g/mol. The number of carboxylic acids is 1. The number of rotatable bonds is 5. The van der Waals surface area contributed by atoms with E-state index in [-0.39, 0.29) is 11.6 Å². The number of benzene rings is 1. The van der Waals surface area contributed by atoms with Gasteiger partial charge in [-0.2, -0.15) is 0 Å². The molecule has 21 heavy (non-hydrogen) atoms. The minimum atomic E-state index is -0.979. The first kappa shape index (κ1) is 15.3. The Bertz CT molecular complexity index is 524. The van der Waals surface area contributed by atoms with Crippen molar-refractivity contribution in [2.24, 2.45) is 5.92 Å². The van der Waals surface area contributed by atoms with Crippen molar-refractivity contribution in [2.75, 3.05) is 25.1 Å². The molecule has 2 amide bonds. The number of anilines is 1. The summed E-state index contributed by atoms with van der Waals surface area (Å²) in [6.07, 6.45) is 1.96. The third-order valence-electron chi connectivity index (χ3n) is 3.58. The minimum absolute atomic E-state index is 0.208. The second-order valence-electron chi connectivity index (χ2n) is 5.23. The Kier molecular flexibility index (Phi) is 5.16. The van der Waals surface area contributed by atoms with Crippen molar-refractivity contribution in [3.8, 4) is 0 Å². The number of carbonyl (C=O) groups is 2. The summed E-state index contributed by atoms with van der Waals surface area (Å²) >= 11 is 0. The molecule has 6 nitrogen and oxygen atoms in total. The van der Waals surface area contributed by atoms with Crippen LogP contribution in [-0.2, 0) is 4.74 Å². The molecule has 6 heteroatoms. The van der Waals surface area contributed by atoms with Crippen LogP contribution in [0.15, 0.2) is 18.2 Å². The van der Waals surface area contributed by atoms with E-state index < -0.39 is 5.97 Å². The molecule has 1 fully saturated rings. The van der Waals surface area contributed by atoms with Gasteiger partial charge in [-0.1, -0.05) is 0 Å². The van der Waals surface area contributed by atoms with Gasteiger partial charge < -0.3 is 20.5 Å². The molecule has 1 atom stereocenters. The number of aromatic carboxylic acids is 1. The fraction of sp³-hybridized carbons (Fsp3) is 0.467. The summed E-state index contributed by atoms with van der Waals surface area (Å²) in [7, 11) is 0. The second kappa shape index (κ2) is 7.08. The highest BCUT2D eigenvalue weighted by molar-refractivity contribution is 5.92. The summed E-state index contributed by atoms with van der Waals surface area (Å²) in [5, 5.41) is 14.4. The number of carboxylic acid groups (broad SMARTS) is 1. The van der Waals surface area contributed by atoms with Gasteiger partial charge in [0.25, 0.3) is 0 Å². The molecule has 1 aliphatic heterocycles. The molecule has 1 aromatic carbocycles. The Labute approximate surface area is 123 Å². The lowest BCUT2D eigenvalue weighted by Gasteiger charge is -2.12. The molecule has 1 unspecified atom stereocenters. The molecule has 0 bridgehead atoms. The van der Waals surface area contributed by atoms with Gasteiger partial charge in [0, 0.05) is 25.4 Å². The zero-order valence-electron chi connectivity index (χ0n) is 12.0. The molecule has 1 aliphatic rings. The quantitative estimate of drug-likeness (QED) is 0.776. The van der Waals surface area contributed by atoms with Crippen LogP contribution < -0.4 is 10.6 Å². The van der Waals surface area contributed by atoms with E-state index in [9.17, 15) is 9.59 Å². The Morgan fingerprint density at radius 1 is 1.43 bits per heavy atom. The number of nitrogens with one attached hydrogen (secondary N) is 2. The van der Waals surface area contributed by atoms with E-state index in [1.165, 1.54) is 12.1 Å². The Morgan fingerprint density at radius 3 is 2.86 bits per heavy atom. The lowest BCUT2D eigenvalue weighted by Crippen LogP contribution is -2.30. The third kappa shape index (κ3) is 4.46. The van der Waals surface area contributed by atoms with Crippen LogP contribution >= 0.6 is 0 Å². The second-order valence-corrected chi connectivity index (χ2v) is 5.23. The number of hydrogen-bond donors (Lipinski definition) is 3. The molecule has 2 rings (SSSR count). The largest absolute Gasteiger partial charge is 0.478 e. The van der Waals surface area contributed by atoms with Crippen LogP contribution in [0.3, 0.4) is 0 Å². The molecule has 3 N–H and O–H groups in total. The van der Waals surface area contributed by atoms with E-state index in [2.05, 4.69) is 10.6 Å². The molecule has 1 saturated heterocycles. The van der Waals surface area contributed by atoms with Crippen molar-refractivity contribution < 1.29 is 19.4 Å². The van der Waals surface area contributed by atoms with Crippen LogP contribution in [0.5, 0.6) is 0 Å². The van der Waals surface area contributed by atoms with Gasteiger partial charge in [-0.05, 0) is 49.4 Å². The van der Waals surface area contributed by atoms with Crippen molar-refractivity contribution in [3.63, 3.8) is 0 Å². The van der Waals surface area contributed by atoms with E-state index in [4.69, 9.17) is 9.84 Å². The molecular formula is C15H20N2O4. The number of urea groups is 1. The van der Waals surface area contributed by atoms with E-state index in [1.54, 1.807) is 13.0 Å². The highest BCUT2D eigenvalue weighted by Crippen LogP contribution is 2.17. The molecule has 1 heterocycles. The lowest BCUT2D eigenvalue weighted by molar-refractivity contribution is 0.0697. The lowest BCUT2D eigenvalue weighted by atomic mass is 10.1.